The Balaban J connectivity index is 1.32. The molecule has 0 aromatic rings. The number of fused-ring (bicyclic) bond motifs is 1. The summed E-state index contributed by atoms with van der Waals surface area (Å²) in [5.74, 6) is 1.01. The van der Waals surface area contributed by atoms with Crippen molar-refractivity contribution in [3.8, 4) is 0 Å². The maximum Gasteiger partial charge on any atom is 0.315 e. The molecular formula is C18H32N6O5S. The second-order valence-corrected chi connectivity index (χ2v) is 8.28. The molecule has 2 heterocycles. The van der Waals surface area contributed by atoms with E-state index in [1.165, 1.54) is 0 Å². The summed E-state index contributed by atoms with van der Waals surface area (Å²) in [7, 11) is 0. The Kier molecular flexibility index (Phi) is 12.4. The fourth-order valence-corrected chi connectivity index (χ4v) is 4.86. The number of nitrogens with zero attached hydrogens (tertiary/aromatic N) is 3. The van der Waals surface area contributed by atoms with Gasteiger partial charge in [0, 0.05) is 35.4 Å². The smallest absolute Gasteiger partial charge is 0.315 e. The molecule has 3 atom stereocenters. The summed E-state index contributed by atoms with van der Waals surface area (Å²) in [6, 6.07) is 0.426. The Morgan fingerprint density at radius 2 is 1.87 bits per heavy atom. The Morgan fingerprint density at radius 3 is 2.63 bits per heavy atom. The van der Waals surface area contributed by atoms with Gasteiger partial charge >= 0.3 is 6.03 Å². The molecule has 3 amide bonds. The van der Waals surface area contributed by atoms with Crippen molar-refractivity contribution in [1.29, 1.82) is 0 Å². The molecule has 2 aliphatic rings. The molecule has 2 rings (SSSR count). The van der Waals surface area contributed by atoms with Gasteiger partial charge in [0.05, 0.1) is 51.7 Å². The van der Waals surface area contributed by atoms with Crippen LogP contribution in [-0.2, 0) is 19.0 Å². The highest BCUT2D eigenvalue weighted by atomic mass is 32.2. The van der Waals surface area contributed by atoms with Gasteiger partial charge in [-0.2, -0.15) is 11.8 Å². The molecule has 0 aromatic heterocycles. The molecular weight excluding hydrogens is 412 g/mol. The Bertz CT molecular complexity index is 577. The number of hydrogen-bond donors (Lipinski definition) is 3. The van der Waals surface area contributed by atoms with Crippen LogP contribution in [0, 0.1) is 0 Å². The zero-order valence-corrected chi connectivity index (χ0v) is 18.0. The lowest BCUT2D eigenvalue weighted by atomic mass is 10.0. The first-order valence-electron chi connectivity index (χ1n) is 10.4. The number of urea groups is 1. The number of thioether (sulfide) groups is 1. The molecule has 0 saturated carbocycles. The molecule has 11 nitrogen and oxygen atoms in total. The van der Waals surface area contributed by atoms with E-state index in [9.17, 15) is 9.59 Å². The van der Waals surface area contributed by atoms with Gasteiger partial charge in [-0.3, -0.25) is 4.79 Å². The molecule has 3 unspecified atom stereocenters. The van der Waals surface area contributed by atoms with Gasteiger partial charge in [0.15, 0.2) is 0 Å². The predicted octanol–water partition coefficient (Wildman–Crippen LogP) is 1.19. The molecule has 12 heteroatoms. The summed E-state index contributed by atoms with van der Waals surface area (Å²) in [5, 5.41) is 12.6. The van der Waals surface area contributed by atoms with Crippen LogP contribution in [0.1, 0.15) is 25.7 Å². The summed E-state index contributed by atoms with van der Waals surface area (Å²) < 4.78 is 15.9. The summed E-state index contributed by atoms with van der Waals surface area (Å²) in [5.41, 5.74) is 8.10. The third kappa shape index (κ3) is 9.86. The number of azide groups is 1. The molecule has 3 N–H and O–H groups in total. The Labute approximate surface area is 181 Å². The van der Waals surface area contributed by atoms with Crippen LogP contribution in [0.25, 0.3) is 10.4 Å². The van der Waals surface area contributed by atoms with E-state index >= 15 is 0 Å². The molecule has 0 bridgehead atoms. The zero-order valence-electron chi connectivity index (χ0n) is 17.2. The normalized spacial score (nSPS) is 22.1. The van der Waals surface area contributed by atoms with Gasteiger partial charge in [0.2, 0.25) is 5.91 Å². The van der Waals surface area contributed by atoms with Crippen LogP contribution in [-0.4, -0.2) is 87.8 Å². The summed E-state index contributed by atoms with van der Waals surface area (Å²) in [6.07, 6.45) is 3.36. The molecule has 170 valence electrons. The quantitative estimate of drug-likeness (QED) is 0.101. The number of carbonyl (C=O) groups excluding carboxylic acids is 2. The Hall–Kier alpha value is -1.72. The highest BCUT2D eigenvalue weighted by molar-refractivity contribution is 8.00. The van der Waals surface area contributed by atoms with Crippen molar-refractivity contribution in [2.75, 3.05) is 58.5 Å². The van der Waals surface area contributed by atoms with Gasteiger partial charge in [-0.15, -0.1) is 0 Å². The van der Waals surface area contributed by atoms with Crippen LogP contribution < -0.4 is 16.0 Å². The maximum atomic E-state index is 11.9. The number of rotatable bonds is 17. The zero-order chi connectivity index (χ0) is 21.4. The second-order valence-electron chi connectivity index (χ2n) is 7.01. The van der Waals surface area contributed by atoms with Gasteiger partial charge in [-0.25, -0.2) is 4.79 Å². The topological polar surface area (TPSA) is 147 Å². The Morgan fingerprint density at radius 1 is 1.13 bits per heavy atom. The van der Waals surface area contributed by atoms with E-state index in [0.717, 1.165) is 25.0 Å². The average Bonchev–Trinajstić information content (AvgIpc) is 3.28. The van der Waals surface area contributed by atoms with E-state index in [4.69, 9.17) is 19.7 Å². The van der Waals surface area contributed by atoms with Gasteiger partial charge in [-0.1, -0.05) is 11.5 Å². The lowest BCUT2D eigenvalue weighted by molar-refractivity contribution is -0.121. The molecule has 2 fully saturated rings. The minimum Gasteiger partial charge on any atom is -0.379 e. The molecule has 0 aliphatic carbocycles. The number of carbonyl (C=O) groups is 2. The standard InChI is InChI=1S/C18H32N6O5S/c19-24-21-6-8-28-10-12-29-11-9-27-7-5-20-16(25)4-2-1-3-15-17-14(13-30-15)22-18(26)23-17/h14-15,17H,1-13H2,(H,20,25)(H2,22,23,26). The van der Waals surface area contributed by atoms with Crippen molar-refractivity contribution in [3.05, 3.63) is 10.4 Å². The number of amides is 3. The summed E-state index contributed by atoms with van der Waals surface area (Å²) >= 11 is 1.90. The molecule has 2 saturated heterocycles. The van der Waals surface area contributed by atoms with E-state index < -0.39 is 0 Å². The average molecular weight is 445 g/mol. The van der Waals surface area contributed by atoms with Gasteiger partial charge < -0.3 is 30.2 Å². The molecule has 0 radical (unpaired) electrons. The second kappa shape index (κ2) is 15.1. The molecule has 0 spiro atoms. The monoisotopic (exact) mass is 444 g/mol. The van der Waals surface area contributed by atoms with Crippen LogP contribution in [0.15, 0.2) is 5.11 Å². The van der Waals surface area contributed by atoms with Crippen LogP contribution >= 0.6 is 11.8 Å². The van der Waals surface area contributed by atoms with Crippen molar-refractivity contribution in [2.45, 2.75) is 43.0 Å². The highest BCUT2D eigenvalue weighted by Gasteiger charge is 2.42. The van der Waals surface area contributed by atoms with Crippen LogP contribution in [0.4, 0.5) is 4.79 Å². The van der Waals surface area contributed by atoms with E-state index in [0.29, 0.717) is 64.4 Å². The number of unbranched alkanes of at least 4 members (excludes halogenated alkanes) is 1. The minimum atomic E-state index is -0.0589. The van der Waals surface area contributed by atoms with E-state index in [1.54, 1.807) is 0 Å². The fraction of sp³-hybridized carbons (Fsp3) is 0.889. The van der Waals surface area contributed by atoms with Crippen molar-refractivity contribution < 1.29 is 23.8 Å². The fourth-order valence-electron chi connectivity index (χ4n) is 3.32. The van der Waals surface area contributed by atoms with E-state index in [-0.39, 0.29) is 24.0 Å². The van der Waals surface area contributed by atoms with Gasteiger partial charge in [-0.05, 0) is 18.4 Å². The lowest BCUT2D eigenvalue weighted by Gasteiger charge is -2.16. The number of ether oxygens (including phenoxy) is 3. The first-order chi connectivity index (χ1) is 14.7. The van der Waals surface area contributed by atoms with Crippen molar-refractivity contribution in [1.82, 2.24) is 16.0 Å². The predicted molar refractivity (Wildman–Crippen MR) is 113 cm³/mol. The van der Waals surface area contributed by atoms with Crippen LogP contribution in [0.5, 0.6) is 0 Å². The third-order valence-corrected chi connectivity index (χ3v) is 6.30. The van der Waals surface area contributed by atoms with E-state index in [2.05, 4.69) is 26.0 Å². The number of hydrogen-bond acceptors (Lipinski definition) is 7. The first kappa shape index (κ1) is 24.5. The molecule has 30 heavy (non-hydrogen) atoms. The summed E-state index contributed by atoms with van der Waals surface area (Å²) in [6.45, 7) is 3.48. The van der Waals surface area contributed by atoms with Crippen LogP contribution in [0.3, 0.4) is 0 Å². The third-order valence-electron chi connectivity index (χ3n) is 4.79. The maximum absolute atomic E-state index is 11.9. The van der Waals surface area contributed by atoms with Crippen molar-refractivity contribution >= 4 is 23.7 Å². The van der Waals surface area contributed by atoms with E-state index in [1.807, 2.05) is 11.8 Å². The largest absolute Gasteiger partial charge is 0.379 e. The minimum absolute atomic E-state index is 0.0421. The summed E-state index contributed by atoms with van der Waals surface area (Å²) in [4.78, 5) is 25.9. The highest BCUT2D eigenvalue weighted by Crippen LogP contribution is 2.33. The lowest BCUT2D eigenvalue weighted by Crippen LogP contribution is -2.36. The van der Waals surface area contributed by atoms with Crippen molar-refractivity contribution in [3.63, 3.8) is 0 Å². The SMILES string of the molecule is [N-]=[N+]=NCCOCCOCCOCCNC(=O)CCCCC1SCC2NC(=O)NC21. The number of nitrogens with one attached hydrogen (secondary N) is 3. The molecule has 0 aromatic carbocycles. The van der Waals surface area contributed by atoms with Crippen LogP contribution in [0.2, 0.25) is 0 Å². The van der Waals surface area contributed by atoms with Gasteiger partial charge in [0.1, 0.15) is 0 Å². The van der Waals surface area contributed by atoms with Gasteiger partial charge in [0.25, 0.3) is 0 Å². The first-order valence-corrected chi connectivity index (χ1v) is 11.4. The van der Waals surface area contributed by atoms with Crippen molar-refractivity contribution in [2.24, 2.45) is 5.11 Å². The molecule has 2 aliphatic heterocycles.